The molecule has 0 fully saturated rings. The summed E-state index contributed by atoms with van der Waals surface area (Å²) in [6.07, 6.45) is 22.1. The molecule has 0 heterocycles. The van der Waals surface area contributed by atoms with Crippen molar-refractivity contribution >= 4 is 11.9 Å². The number of aliphatic hydroxyl groups excluding tert-OH is 2. The highest BCUT2D eigenvalue weighted by molar-refractivity contribution is 6.01. The Balaban J connectivity index is 4.32. The number of quaternary nitrogens is 1. The predicted molar refractivity (Wildman–Crippen MR) is 141 cm³/mol. The van der Waals surface area contributed by atoms with E-state index in [-0.39, 0.29) is 23.6 Å². The molecule has 0 aromatic carbocycles. The van der Waals surface area contributed by atoms with Crippen LogP contribution in [0.5, 0.6) is 0 Å². The molecule has 0 saturated heterocycles. The molecule has 0 bridgehead atoms. The number of rotatable bonds is 24. The van der Waals surface area contributed by atoms with Gasteiger partial charge < -0.3 is 24.9 Å². The quantitative estimate of drug-likeness (QED) is 0.0599. The van der Waals surface area contributed by atoms with Gasteiger partial charge in [-0.1, -0.05) is 76.9 Å². The van der Waals surface area contributed by atoms with Crippen molar-refractivity contribution in [3.63, 3.8) is 0 Å². The molecule has 0 aliphatic heterocycles. The molecule has 0 amide bonds. The molecule has 0 aromatic rings. The van der Waals surface area contributed by atoms with Gasteiger partial charge in [-0.05, 0) is 38.5 Å². The SMILES string of the molecule is CCCCCCCCC=CCCCCCCCCC(CCO)[N+](C)(C)C(CCO)(C(=O)O)C(=O)O. The highest BCUT2D eigenvalue weighted by Crippen LogP contribution is 2.33. The van der Waals surface area contributed by atoms with E-state index in [1.54, 1.807) is 14.1 Å². The van der Waals surface area contributed by atoms with Gasteiger partial charge in [0.1, 0.15) is 0 Å². The summed E-state index contributed by atoms with van der Waals surface area (Å²) >= 11 is 0. The molecule has 0 aliphatic rings. The van der Waals surface area contributed by atoms with Crippen LogP contribution in [0.15, 0.2) is 12.2 Å². The van der Waals surface area contributed by atoms with Crippen molar-refractivity contribution in [2.75, 3.05) is 27.3 Å². The maximum Gasteiger partial charge on any atom is 0.378 e. The van der Waals surface area contributed by atoms with Gasteiger partial charge >= 0.3 is 11.9 Å². The summed E-state index contributed by atoms with van der Waals surface area (Å²) in [5.41, 5.74) is -2.14. The van der Waals surface area contributed by atoms with Gasteiger partial charge in [0.05, 0.1) is 26.7 Å². The topological polar surface area (TPSA) is 115 Å². The minimum Gasteiger partial charge on any atom is -0.476 e. The van der Waals surface area contributed by atoms with Gasteiger partial charge in [0.15, 0.2) is 0 Å². The number of aliphatic carboxylic acids is 2. The van der Waals surface area contributed by atoms with Gasteiger partial charge in [-0.15, -0.1) is 0 Å². The van der Waals surface area contributed by atoms with E-state index >= 15 is 0 Å². The third-order valence-corrected chi connectivity index (χ3v) is 7.59. The van der Waals surface area contributed by atoms with Crippen LogP contribution >= 0.6 is 0 Å². The van der Waals surface area contributed by atoms with E-state index in [0.717, 1.165) is 32.1 Å². The van der Waals surface area contributed by atoms with Gasteiger partial charge in [0, 0.05) is 19.4 Å². The molecule has 35 heavy (non-hydrogen) atoms. The summed E-state index contributed by atoms with van der Waals surface area (Å²) in [6, 6.07) is -0.324. The number of nitrogens with zero attached hydrogens (tertiary/aromatic N) is 1. The molecular weight excluding hydrogens is 446 g/mol. The molecule has 0 radical (unpaired) electrons. The molecule has 0 saturated carbocycles. The first-order valence-electron chi connectivity index (χ1n) is 13.9. The molecule has 0 aliphatic carbocycles. The molecule has 0 rings (SSSR count). The van der Waals surface area contributed by atoms with Gasteiger partial charge in [-0.2, -0.15) is 0 Å². The summed E-state index contributed by atoms with van der Waals surface area (Å²) in [6.45, 7) is 1.59. The first-order chi connectivity index (χ1) is 16.7. The number of carbonyl (C=O) groups is 2. The zero-order valence-electron chi connectivity index (χ0n) is 22.7. The minimum absolute atomic E-state index is 0.132. The second-order valence-electron chi connectivity index (χ2n) is 10.4. The Morgan fingerprint density at radius 3 is 1.60 bits per heavy atom. The fourth-order valence-corrected chi connectivity index (χ4v) is 5.13. The summed E-state index contributed by atoms with van der Waals surface area (Å²) in [5.74, 6) is -2.90. The van der Waals surface area contributed by atoms with Crippen LogP contribution < -0.4 is 0 Å². The van der Waals surface area contributed by atoms with Crippen LogP contribution in [0.25, 0.3) is 0 Å². The second kappa shape index (κ2) is 19.7. The highest BCUT2D eigenvalue weighted by Gasteiger charge is 2.61. The molecule has 1 unspecified atom stereocenters. The summed E-state index contributed by atoms with van der Waals surface area (Å²) in [4.78, 5) is 24.1. The van der Waals surface area contributed by atoms with Gasteiger partial charge in [-0.3, -0.25) is 0 Å². The smallest absolute Gasteiger partial charge is 0.378 e. The summed E-state index contributed by atoms with van der Waals surface area (Å²) < 4.78 is -0.302. The first-order valence-corrected chi connectivity index (χ1v) is 13.9. The maximum atomic E-state index is 12.1. The monoisotopic (exact) mass is 500 g/mol. The minimum atomic E-state index is -2.14. The number of hydrogen-bond donors (Lipinski definition) is 4. The van der Waals surface area contributed by atoms with Crippen LogP contribution in [0.4, 0.5) is 0 Å². The first kappa shape index (κ1) is 33.6. The Hall–Kier alpha value is -1.44. The average Bonchev–Trinajstić information content (AvgIpc) is 2.80. The van der Waals surface area contributed by atoms with Crippen molar-refractivity contribution in [2.24, 2.45) is 0 Å². The number of carboxylic acid groups (broad SMARTS) is 2. The van der Waals surface area contributed by atoms with Crippen molar-refractivity contribution in [1.29, 1.82) is 0 Å². The molecule has 0 aromatic heterocycles. The number of unbranched alkanes of at least 4 members (excludes halogenated alkanes) is 12. The highest BCUT2D eigenvalue weighted by atomic mass is 16.4. The lowest BCUT2D eigenvalue weighted by Crippen LogP contribution is -2.72. The van der Waals surface area contributed by atoms with Gasteiger partial charge in [-0.25, -0.2) is 9.59 Å². The molecule has 7 heteroatoms. The van der Waals surface area contributed by atoms with E-state index in [0.29, 0.717) is 12.8 Å². The normalized spacial score (nSPS) is 13.4. The van der Waals surface area contributed by atoms with Crippen LogP contribution in [-0.2, 0) is 9.59 Å². The van der Waals surface area contributed by atoms with E-state index in [2.05, 4.69) is 19.1 Å². The van der Waals surface area contributed by atoms with E-state index < -0.39 is 24.1 Å². The number of hydrogen-bond acceptors (Lipinski definition) is 4. The Labute approximate surface area is 213 Å². The fourth-order valence-electron chi connectivity index (χ4n) is 5.13. The Morgan fingerprint density at radius 1 is 0.714 bits per heavy atom. The van der Waals surface area contributed by atoms with Crippen LogP contribution in [0, 0.1) is 0 Å². The zero-order valence-corrected chi connectivity index (χ0v) is 22.7. The zero-order chi connectivity index (χ0) is 26.6. The third-order valence-electron chi connectivity index (χ3n) is 7.59. The fraction of sp³-hybridized carbons (Fsp3) is 0.857. The Kier molecular flexibility index (Phi) is 18.9. The second-order valence-corrected chi connectivity index (χ2v) is 10.4. The van der Waals surface area contributed by atoms with Crippen LogP contribution in [0.3, 0.4) is 0 Å². The lowest BCUT2D eigenvalue weighted by atomic mass is 9.86. The maximum absolute atomic E-state index is 12.1. The van der Waals surface area contributed by atoms with Gasteiger partial charge in [0.25, 0.3) is 5.54 Å². The third kappa shape index (κ3) is 11.9. The van der Waals surface area contributed by atoms with E-state index in [9.17, 15) is 30.0 Å². The van der Waals surface area contributed by atoms with Crippen LogP contribution in [0.1, 0.15) is 116 Å². The van der Waals surface area contributed by atoms with Crippen molar-refractivity contribution in [1.82, 2.24) is 0 Å². The van der Waals surface area contributed by atoms with E-state index in [1.807, 2.05) is 0 Å². The molecule has 7 nitrogen and oxygen atoms in total. The number of allylic oxidation sites excluding steroid dienone is 2. The number of likely N-dealkylation sites (N-methyl/N-ethyl adjacent to an activating group) is 1. The Bertz CT molecular complexity index is 576. The number of carboxylic acids is 2. The standard InChI is InChI=1S/C28H53NO6/c1-4-5-6-7-8-9-10-11-12-13-14-15-16-17-18-19-20-25(21-23-30)29(2,3)28(22-24-31,26(32)33)27(34)35/h11-12,25,30-31H,4-10,13-24H2,1-3H3,(H-,32,33,34,35)/p+1. The number of aliphatic hydroxyl groups is 2. The summed E-state index contributed by atoms with van der Waals surface area (Å²) in [7, 11) is 3.19. The van der Waals surface area contributed by atoms with Crippen molar-refractivity contribution < 1.29 is 34.5 Å². The average molecular weight is 501 g/mol. The molecular formula is C28H54NO6+. The van der Waals surface area contributed by atoms with Crippen LogP contribution in [0.2, 0.25) is 0 Å². The van der Waals surface area contributed by atoms with E-state index in [1.165, 1.54) is 57.8 Å². The lowest BCUT2D eigenvalue weighted by Gasteiger charge is -2.47. The largest absolute Gasteiger partial charge is 0.476 e. The van der Waals surface area contributed by atoms with E-state index in [4.69, 9.17) is 0 Å². The Morgan fingerprint density at radius 2 is 1.17 bits per heavy atom. The predicted octanol–water partition coefficient (Wildman–Crippen LogP) is 5.53. The van der Waals surface area contributed by atoms with Gasteiger partial charge in [0.2, 0.25) is 0 Å². The van der Waals surface area contributed by atoms with Crippen molar-refractivity contribution in [3.8, 4) is 0 Å². The summed E-state index contributed by atoms with van der Waals surface area (Å²) in [5, 5.41) is 38.6. The molecule has 0 spiro atoms. The van der Waals surface area contributed by atoms with Crippen molar-refractivity contribution in [3.05, 3.63) is 12.2 Å². The van der Waals surface area contributed by atoms with Crippen molar-refractivity contribution in [2.45, 2.75) is 128 Å². The molecule has 206 valence electrons. The van der Waals surface area contributed by atoms with Crippen LogP contribution in [-0.4, -0.2) is 75.7 Å². The molecule has 4 N–H and O–H groups in total. The molecule has 1 atom stereocenters. The lowest BCUT2D eigenvalue weighted by molar-refractivity contribution is -0.947.